The molecule has 14 heteroatoms. The van der Waals surface area contributed by atoms with E-state index in [0.29, 0.717) is 0 Å². The van der Waals surface area contributed by atoms with Gasteiger partial charge >= 0.3 is 5.76 Å². The topological polar surface area (TPSA) is 121 Å². The fourth-order valence-electron chi connectivity index (χ4n) is 2.62. The average Bonchev–Trinajstić information content (AvgIpc) is 3.28. The highest BCUT2D eigenvalue weighted by molar-refractivity contribution is 9.10. The predicted molar refractivity (Wildman–Crippen MR) is 101 cm³/mol. The molecule has 2 aromatic heterocycles. The van der Waals surface area contributed by atoms with Crippen LogP contribution in [-0.4, -0.2) is 46.4 Å². The smallest absolute Gasteiger partial charge is 0.295 e. The van der Waals surface area contributed by atoms with E-state index >= 15 is 0 Å². The van der Waals surface area contributed by atoms with E-state index in [-0.39, 0.29) is 46.0 Å². The van der Waals surface area contributed by atoms with Crippen LogP contribution in [0, 0.1) is 5.82 Å². The summed E-state index contributed by atoms with van der Waals surface area (Å²) in [6.07, 6.45) is -3.28. The molecular formula is C16H14BrF3N4O5S. The monoisotopic (exact) mass is 510 g/mol. The molecule has 0 spiro atoms. The summed E-state index contributed by atoms with van der Waals surface area (Å²) in [5, 5.41) is 11.0. The lowest BCUT2D eigenvalue weighted by molar-refractivity contribution is 0.145. The molecule has 30 heavy (non-hydrogen) atoms. The van der Waals surface area contributed by atoms with Crippen LogP contribution in [0.4, 0.5) is 13.2 Å². The lowest BCUT2D eigenvalue weighted by atomic mass is 10.2. The Hall–Kier alpha value is -2.48. The third-order valence-corrected chi connectivity index (χ3v) is 6.43. The molecule has 0 fully saturated rings. The van der Waals surface area contributed by atoms with Gasteiger partial charge in [-0.25, -0.2) is 35.6 Å². The second-order valence-electron chi connectivity index (χ2n) is 6.20. The zero-order valence-electron chi connectivity index (χ0n) is 15.1. The molecular weight excluding hydrogens is 497 g/mol. The molecule has 3 aromatic rings. The van der Waals surface area contributed by atoms with E-state index in [2.05, 4.69) is 40.6 Å². The molecule has 0 bridgehead atoms. The van der Waals surface area contributed by atoms with E-state index in [0.717, 1.165) is 10.6 Å². The summed E-state index contributed by atoms with van der Waals surface area (Å²) in [5.74, 6) is -2.43. The molecule has 0 aliphatic heterocycles. The highest BCUT2D eigenvalue weighted by Gasteiger charge is 2.23. The molecule has 0 aliphatic rings. The number of rotatable bonds is 9. The van der Waals surface area contributed by atoms with Crippen LogP contribution in [0.5, 0.6) is 0 Å². The van der Waals surface area contributed by atoms with Gasteiger partial charge in [-0.05, 0) is 52.1 Å². The van der Waals surface area contributed by atoms with Crippen LogP contribution in [-0.2, 0) is 16.3 Å². The Kier molecular flexibility index (Phi) is 6.75. The molecule has 1 aromatic carbocycles. The van der Waals surface area contributed by atoms with Gasteiger partial charge in [0.05, 0.1) is 21.7 Å². The molecule has 2 heterocycles. The molecule has 0 saturated heterocycles. The molecule has 3 rings (SSSR count). The molecule has 0 aliphatic carbocycles. The van der Waals surface area contributed by atoms with Crippen molar-refractivity contribution in [2.24, 2.45) is 0 Å². The molecule has 0 radical (unpaired) electrons. The van der Waals surface area contributed by atoms with E-state index < -0.39 is 40.0 Å². The van der Waals surface area contributed by atoms with Crippen molar-refractivity contribution in [2.45, 2.75) is 25.7 Å². The van der Waals surface area contributed by atoms with Crippen LogP contribution in [0.1, 0.15) is 18.5 Å². The predicted octanol–water partition coefficient (Wildman–Crippen LogP) is 2.78. The number of aromatic nitrogens is 4. The third-order valence-electron chi connectivity index (χ3n) is 4.05. The Bertz CT molecular complexity index is 1190. The van der Waals surface area contributed by atoms with E-state index in [9.17, 15) is 26.4 Å². The summed E-state index contributed by atoms with van der Waals surface area (Å²) >= 11 is 3.03. The van der Waals surface area contributed by atoms with Gasteiger partial charge < -0.3 is 0 Å². The van der Waals surface area contributed by atoms with Gasteiger partial charge in [0.15, 0.2) is 15.5 Å². The second-order valence-corrected chi connectivity index (χ2v) is 9.36. The minimum absolute atomic E-state index is 0.0336. The number of alkyl halides is 2. The average molecular weight is 511 g/mol. The quantitative estimate of drug-likeness (QED) is 0.430. The van der Waals surface area contributed by atoms with Crippen LogP contribution in [0.3, 0.4) is 0 Å². The van der Waals surface area contributed by atoms with E-state index in [4.69, 9.17) is 0 Å². The third kappa shape index (κ3) is 5.16. The molecule has 162 valence electrons. The summed E-state index contributed by atoms with van der Waals surface area (Å²) < 4.78 is 72.1. The van der Waals surface area contributed by atoms with Crippen molar-refractivity contribution < 1.29 is 30.7 Å². The summed E-state index contributed by atoms with van der Waals surface area (Å²) in [5.41, 5.74) is 0.460. The highest BCUT2D eigenvalue weighted by atomic mass is 79.9. The van der Waals surface area contributed by atoms with E-state index in [1.807, 2.05) is 0 Å². The van der Waals surface area contributed by atoms with E-state index in [1.54, 1.807) is 0 Å². The van der Waals surface area contributed by atoms with Crippen LogP contribution in [0.25, 0.3) is 17.2 Å². The van der Waals surface area contributed by atoms with Crippen molar-refractivity contribution in [3.05, 3.63) is 44.7 Å². The maximum absolute atomic E-state index is 13.5. The van der Waals surface area contributed by atoms with Crippen LogP contribution in [0.2, 0.25) is 0 Å². The van der Waals surface area contributed by atoms with Crippen LogP contribution < -0.4 is 5.76 Å². The van der Waals surface area contributed by atoms with Crippen molar-refractivity contribution in [1.29, 1.82) is 0 Å². The second kappa shape index (κ2) is 9.12. The minimum Gasteiger partial charge on any atom is -0.295 e. The number of sulfone groups is 1. The molecule has 0 unspecified atom stereocenters. The minimum atomic E-state index is -3.65. The number of hydrogen-bond acceptors (Lipinski definition) is 8. The van der Waals surface area contributed by atoms with Gasteiger partial charge in [-0.15, -0.1) is 0 Å². The highest BCUT2D eigenvalue weighted by Crippen LogP contribution is 2.24. The van der Waals surface area contributed by atoms with Gasteiger partial charge in [0.25, 0.3) is 0 Å². The molecule has 0 amide bonds. The fourth-order valence-corrected chi connectivity index (χ4v) is 4.31. The summed E-state index contributed by atoms with van der Waals surface area (Å²) in [7, 11) is -3.65. The van der Waals surface area contributed by atoms with Crippen molar-refractivity contribution in [2.75, 3.05) is 11.5 Å². The van der Waals surface area contributed by atoms with Crippen molar-refractivity contribution >= 4 is 25.8 Å². The van der Waals surface area contributed by atoms with Gasteiger partial charge in [0.1, 0.15) is 11.5 Å². The number of halogens is 4. The summed E-state index contributed by atoms with van der Waals surface area (Å²) in [4.78, 5) is 12.1. The SMILES string of the molecule is O=c1onc(-c2nonc2CCCS(=O)(=O)CCC(F)F)n1-c1ccc(F)c(Br)c1. The lowest BCUT2D eigenvalue weighted by Crippen LogP contribution is -2.15. The van der Waals surface area contributed by atoms with E-state index in [1.165, 1.54) is 12.1 Å². The maximum atomic E-state index is 13.5. The normalized spacial score (nSPS) is 12.0. The van der Waals surface area contributed by atoms with Gasteiger partial charge in [-0.1, -0.05) is 10.3 Å². The summed E-state index contributed by atoms with van der Waals surface area (Å²) in [6.45, 7) is 0. The fraction of sp³-hybridized carbons (Fsp3) is 0.375. The first-order valence-corrected chi connectivity index (χ1v) is 11.1. The zero-order chi connectivity index (χ0) is 21.9. The Morgan fingerprint density at radius 3 is 2.63 bits per heavy atom. The summed E-state index contributed by atoms with van der Waals surface area (Å²) in [6, 6.07) is 3.79. The van der Waals surface area contributed by atoms with Gasteiger partial charge in [0, 0.05) is 6.42 Å². The van der Waals surface area contributed by atoms with Gasteiger partial charge in [0.2, 0.25) is 12.2 Å². The number of hydrogen-bond donors (Lipinski definition) is 0. The molecule has 0 saturated carbocycles. The Labute approximate surface area is 175 Å². The molecule has 9 nitrogen and oxygen atoms in total. The Morgan fingerprint density at radius 1 is 1.17 bits per heavy atom. The van der Waals surface area contributed by atoms with Gasteiger partial charge in [-0.2, -0.15) is 0 Å². The maximum Gasteiger partial charge on any atom is 0.446 e. The van der Waals surface area contributed by atoms with Crippen molar-refractivity contribution in [3.8, 4) is 17.2 Å². The first-order chi connectivity index (χ1) is 14.2. The standard InChI is InChI=1S/C16H14BrF3N4O5S/c17-10-8-9(3-4-11(10)18)24-15(23-28-16(24)25)14-12(21-29-22-14)2-1-6-30(26,27)7-5-13(19)20/h3-4,8,13H,1-2,5-7H2. The lowest BCUT2D eigenvalue weighted by Gasteiger charge is -2.05. The first-order valence-electron chi connectivity index (χ1n) is 8.52. The number of benzene rings is 1. The molecule has 0 N–H and O–H groups in total. The number of aryl methyl sites for hydroxylation is 1. The van der Waals surface area contributed by atoms with Gasteiger partial charge in [-0.3, -0.25) is 4.52 Å². The zero-order valence-corrected chi connectivity index (χ0v) is 17.5. The largest absolute Gasteiger partial charge is 0.446 e. The number of nitrogens with zero attached hydrogens (tertiary/aromatic N) is 4. The first kappa shape index (κ1) is 22.2. The Balaban J connectivity index is 1.81. The Morgan fingerprint density at radius 2 is 1.93 bits per heavy atom. The van der Waals surface area contributed by atoms with Crippen LogP contribution in [0.15, 0.2) is 36.6 Å². The van der Waals surface area contributed by atoms with Crippen molar-refractivity contribution in [3.63, 3.8) is 0 Å². The van der Waals surface area contributed by atoms with Crippen molar-refractivity contribution in [1.82, 2.24) is 20.0 Å². The molecule has 0 atom stereocenters. The van der Waals surface area contributed by atoms with Crippen LogP contribution >= 0.6 is 15.9 Å².